The van der Waals surface area contributed by atoms with Gasteiger partial charge in [0.1, 0.15) is 5.82 Å². The number of rotatable bonds is 4. The highest BCUT2D eigenvalue weighted by Crippen LogP contribution is 2.34. The van der Waals surface area contributed by atoms with Gasteiger partial charge < -0.3 is 19.7 Å². The molecule has 1 fully saturated rings. The maximum Gasteiger partial charge on any atom is 0.241 e. The van der Waals surface area contributed by atoms with Crippen molar-refractivity contribution < 1.29 is 18.7 Å². The van der Waals surface area contributed by atoms with Gasteiger partial charge in [-0.25, -0.2) is 4.39 Å². The van der Waals surface area contributed by atoms with Gasteiger partial charge in [-0.05, 0) is 37.3 Å². The molecule has 2 aromatic rings. The van der Waals surface area contributed by atoms with Crippen molar-refractivity contribution in [1.82, 2.24) is 4.90 Å². The van der Waals surface area contributed by atoms with E-state index in [0.29, 0.717) is 54.6 Å². The van der Waals surface area contributed by atoms with E-state index in [1.165, 1.54) is 6.07 Å². The lowest BCUT2D eigenvalue weighted by atomic mass is 10.1. The standard InChI is InChI=1S/C21H21FN4O3/c1-14(21(27)24-16-3-5-19-20(11-16)29-13-28-19)25-6-8-26(9-7-25)18-4-2-15(12-23)10-17(18)22/h2-5,10-11,14H,6-9,13H2,1H3,(H,24,27). The van der Waals surface area contributed by atoms with E-state index in [0.717, 1.165) is 0 Å². The first-order chi connectivity index (χ1) is 14.0. The van der Waals surface area contributed by atoms with Crippen LogP contribution in [0.25, 0.3) is 0 Å². The van der Waals surface area contributed by atoms with Gasteiger partial charge in [0, 0.05) is 37.9 Å². The van der Waals surface area contributed by atoms with Gasteiger partial charge >= 0.3 is 0 Å². The number of ether oxygens (including phenoxy) is 2. The van der Waals surface area contributed by atoms with Crippen molar-refractivity contribution in [3.63, 3.8) is 0 Å². The Labute approximate surface area is 168 Å². The second kappa shape index (κ2) is 7.97. The zero-order valence-corrected chi connectivity index (χ0v) is 16.0. The van der Waals surface area contributed by atoms with Crippen molar-refractivity contribution in [2.75, 3.05) is 43.2 Å². The smallest absolute Gasteiger partial charge is 0.241 e. The third-order valence-corrected chi connectivity index (χ3v) is 5.30. The zero-order chi connectivity index (χ0) is 20.4. The number of nitrogens with zero attached hydrogens (tertiary/aromatic N) is 3. The molecule has 0 saturated carbocycles. The molecule has 2 aromatic carbocycles. The number of piperazine rings is 1. The second-order valence-electron chi connectivity index (χ2n) is 7.03. The van der Waals surface area contributed by atoms with Crippen molar-refractivity contribution >= 4 is 17.3 Å². The molecule has 2 heterocycles. The monoisotopic (exact) mass is 396 g/mol. The van der Waals surface area contributed by atoms with Crippen LogP contribution in [0.5, 0.6) is 11.5 Å². The van der Waals surface area contributed by atoms with Crippen molar-refractivity contribution in [2.24, 2.45) is 0 Å². The first-order valence-corrected chi connectivity index (χ1v) is 9.44. The van der Waals surface area contributed by atoms with Gasteiger partial charge in [0.25, 0.3) is 0 Å². The molecular formula is C21H21FN4O3. The lowest BCUT2D eigenvalue weighted by Crippen LogP contribution is -2.53. The fourth-order valence-electron chi connectivity index (χ4n) is 3.57. The summed E-state index contributed by atoms with van der Waals surface area (Å²) in [7, 11) is 0. The van der Waals surface area contributed by atoms with Crippen molar-refractivity contribution in [3.05, 3.63) is 47.8 Å². The second-order valence-corrected chi connectivity index (χ2v) is 7.03. The van der Waals surface area contributed by atoms with Crippen LogP contribution in [0.15, 0.2) is 36.4 Å². The van der Waals surface area contributed by atoms with Crippen LogP contribution in [0.1, 0.15) is 12.5 Å². The van der Waals surface area contributed by atoms with Crippen LogP contribution >= 0.6 is 0 Å². The van der Waals surface area contributed by atoms with Crippen LogP contribution in [0.3, 0.4) is 0 Å². The number of benzene rings is 2. The summed E-state index contributed by atoms with van der Waals surface area (Å²) in [5.41, 5.74) is 1.45. The molecule has 8 heteroatoms. The van der Waals surface area contributed by atoms with Crippen molar-refractivity contribution in [2.45, 2.75) is 13.0 Å². The molecule has 1 amide bonds. The van der Waals surface area contributed by atoms with E-state index in [2.05, 4.69) is 10.2 Å². The van der Waals surface area contributed by atoms with Crippen LogP contribution in [0.2, 0.25) is 0 Å². The Kier molecular flexibility index (Phi) is 5.23. The molecule has 0 bridgehead atoms. The number of anilines is 2. The molecule has 0 spiro atoms. The maximum atomic E-state index is 14.3. The van der Waals surface area contributed by atoms with Gasteiger partial charge in [0.15, 0.2) is 11.5 Å². The molecule has 150 valence electrons. The van der Waals surface area contributed by atoms with E-state index in [9.17, 15) is 9.18 Å². The molecule has 0 radical (unpaired) electrons. The summed E-state index contributed by atoms with van der Waals surface area (Å²) in [4.78, 5) is 16.7. The van der Waals surface area contributed by atoms with E-state index in [-0.39, 0.29) is 18.7 Å². The predicted molar refractivity (Wildman–Crippen MR) is 106 cm³/mol. The molecule has 0 aliphatic carbocycles. The topological polar surface area (TPSA) is 77.8 Å². The van der Waals surface area contributed by atoms with E-state index < -0.39 is 5.82 Å². The summed E-state index contributed by atoms with van der Waals surface area (Å²) in [5, 5.41) is 11.8. The third-order valence-electron chi connectivity index (χ3n) is 5.30. The molecule has 1 N–H and O–H groups in total. The minimum Gasteiger partial charge on any atom is -0.454 e. The van der Waals surface area contributed by atoms with Crippen LogP contribution in [0, 0.1) is 17.1 Å². The maximum absolute atomic E-state index is 14.3. The number of nitriles is 1. The number of fused-ring (bicyclic) bond motifs is 1. The van der Waals surface area contributed by atoms with Gasteiger partial charge in [-0.1, -0.05) is 0 Å². The molecule has 29 heavy (non-hydrogen) atoms. The van der Waals surface area contributed by atoms with Gasteiger partial charge in [0.05, 0.1) is 23.4 Å². The Morgan fingerprint density at radius 2 is 1.90 bits per heavy atom. The van der Waals surface area contributed by atoms with Crippen molar-refractivity contribution in [1.29, 1.82) is 5.26 Å². The quantitative estimate of drug-likeness (QED) is 0.856. The van der Waals surface area contributed by atoms with E-state index in [4.69, 9.17) is 14.7 Å². The van der Waals surface area contributed by atoms with E-state index >= 15 is 0 Å². The molecule has 1 atom stereocenters. The lowest BCUT2D eigenvalue weighted by Gasteiger charge is -2.38. The van der Waals surface area contributed by atoms with Gasteiger partial charge in [-0.2, -0.15) is 5.26 Å². The van der Waals surface area contributed by atoms with Crippen LogP contribution in [-0.4, -0.2) is 49.8 Å². The van der Waals surface area contributed by atoms with Gasteiger partial charge in [0.2, 0.25) is 12.7 Å². The molecule has 0 aromatic heterocycles. The summed E-state index contributed by atoms with van der Waals surface area (Å²) in [6, 6.07) is 11.4. The van der Waals surface area contributed by atoms with Crippen molar-refractivity contribution in [3.8, 4) is 17.6 Å². The molecule has 1 unspecified atom stereocenters. The fraction of sp³-hybridized carbons (Fsp3) is 0.333. The minimum atomic E-state index is -0.397. The SMILES string of the molecule is CC(C(=O)Nc1ccc2c(c1)OCO2)N1CCN(c2ccc(C#N)cc2F)CC1. The molecule has 2 aliphatic rings. The van der Waals surface area contributed by atoms with Crippen LogP contribution < -0.4 is 19.7 Å². The minimum absolute atomic E-state index is 0.109. The highest BCUT2D eigenvalue weighted by atomic mass is 19.1. The molecule has 2 aliphatic heterocycles. The van der Waals surface area contributed by atoms with Gasteiger partial charge in [-0.3, -0.25) is 9.69 Å². The number of halogens is 1. The lowest BCUT2D eigenvalue weighted by molar-refractivity contribution is -0.120. The largest absolute Gasteiger partial charge is 0.454 e. The summed E-state index contributed by atoms with van der Waals surface area (Å²) in [6.07, 6.45) is 0. The highest BCUT2D eigenvalue weighted by Gasteiger charge is 2.27. The first kappa shape index (κ1) is 19.0. The Morgan fingerprint density at radius 3 is 2.62 bits per heavy atom. The average Bonchev–Trinajstić information content (AvgIpc) is 3.21. The zero-order valence-electron chi connectivity index (χ0n) is 16.0. The number of hydrogen-bond donors (Lipinski definition) is 1. The Balaban J connectivity index is 1.34. The number of carbonyl (C=O) groups is 1. The molecule has 4 rings (SSSR count). The first-order valence-electron chi connectivity index (χ1n) is 9.44. The predicted octanol–water partition coefficient (Wildman–Crippen LogP) is 2.58. The molecule has 1 saturated heterocycles. The molecular weight excluding hydrogens is 375 g/mol. The van der Waals surface area contributed by atoms with Gasteiger partial charge in [-0.15, -0.1) is 0 Å². The third kappa shape index (κ3) is 3.96. The normalized spacial score (nSPS) is 16.9. The summed E-state index contributed by atoms with van der Waals surface area (Å²) < 4.78 is 24.9. The number of carbonyl (C=O) groups excluding carboxylic acids is 1. The van der Waals surface area contributed by atoms with Crippen LogP contribution in [-0.2, 0) is 4.79 Å². The fourth-order valence-corrected chi connectivity index (χ4v) is 3.57. The number of hydrogen-bond acceptors (Lipinski definition) is 6. The average molecular weight is 396 g/mol. The Morgan fingerprint density at radius 1 is 1.14 bits per heavy atom. The highest BCUT2D eigenvalue weighted by molar-refractivity contribution is 5.94. The Hall–Kier alpha value is -3.31. The number of nitrogens with one attached hydrogen (secondary N) is 1. The number of amides is 1. The Bertz CT molecular complexity index is 967. The van der Waals surface area contributed by atoms with E-state index in [1.54, 1.807) is 30.3 Å². The summed E-state index contributed by atoms with van der Waals surface area (Å²) in [6.45, 7) is 4.52. The summed E-state index contributed by atoms with van der Waals surface area (Å²) in [5.74, 6) is 0.781. The van der Waals surface area contributed by atoms with Crippen LogP contribution in [0.4, 0.5) is 15.8 Å². The summed E-state index contributed by atoms with van der Waals surface area (Å²) >= 11 is 0. The van der Waals surface area contributed by atoms with E-state index in [1.807, 2.05) is 17.9 Å². The molecule has 7 nitrogen and oxygen atoms in total.